The van der Waals surface area contributed by atoms with Crippen LogP contribution in [0.1, 0.15) is 61.1 Å². The molecule has 1 aromatic heterocycles. The van der Waals surface area contributed by atoms with Crippen LogP contribution < -0.4 is 15.0 Å². The molecule has 1 aromatic carbocycles. The van der Waals surface area contributed by atoms with Gasteiger partial charge in [0, 0.05) is 47.3 Å². The Hall–Kier alpha value is -2.26. The van der Waals surface area contributed by atoms with Gasteiger partial charge < -0.3 is 19.2 Å². The van der Waals surface area contributed by atoms with E-state index < -0.39 is 16.1 Å². The number of halogens is 1. The number of amides is 1. The van der Waals surface area contributed by atoms with Gasteiger partial charge in [-0.2, -0.15) is 0 Å². The maximum atomic E-state index is 13.2. The lowest BCUT2D eigenvalue weighted by Crippen LogP contribution is -2.46. The number of H-pyrrole nitrogens is 1. The molecule has 35 heavy (non-hydrogen) atoms. The first-order valence-corrected chi connectivity index (χ1v) is 13.2. The van der Waals surface area contributed by atoms with Crippen LogP contribution in [0, 0.1) is 12.8 Å². The summed E-state index contributed by atoms with van der Waals surface area (Å²) in [4.78, 5) is 28.6. The van der Waals surface area contributed by atoms with Crippen molar-refractivity contribution in [3.8, 4) is 5.75 Å². The molecule has 1 amide bonds. The third-order valence-electron chi connectivity index (χ3n) is 6.10. The number of hydrogen-bond acceptors (Lipinski definition) is 5. The molecule has 2 unspecified atom stereocenters. The van der Waals surface area contributed by atoms with E-state index in [0.717, 1.165) is 11.1 Å². The molecule has 2 atom stereocenters. The Morgan fingerprint density at radius 1 is 1.37 bits per heavy atom. The largest absolute Gasteiger partial charge is 0.598 e. The minimum Gasteiger partial charge on any atom is -0.598 e. The lowest BCUT2D eigenvalue weighted by molar-refractivity contribution is 0.0673. The summed E-state index contributed by atoms with van der Waals surface area (Å²) in [6.07, 6.45) is 4.55. The SMILES string of the molecule is C=CCOc1cc(C)c(Cl)cc1C(N[S+]([O-])C(C)(C)C)C1CCN(C(=O)c2ccc(=O)[nH]c2)CC1. The van der Waals surface area contributed by atoms with E-state index >= 15 is 0 Å². The molecular formula is C26H34ClN3O4S. The number of carbonyl (C=O) groups excluding carboxylic acids is 1. The summed E-state index contributed by atoms with van der Waals surface area (Å²) in [5, 5.41) is 0.616. The fraction of sp³-hybridized carbons (Fsp3) is 0.462. The average Bonchev–Trinajstić information content (AvgIpc) is 2.82. The second-order valence-corrected chi connectivity index (χ2v) is 12.2. The molecule has 7 nitrogen and oxygen atoms in total. The first-order valence-electron chi connectivity index (χ1n) is 11.7. The van der Waals surface area contributed by atoms with Crippen molar-refractivity contribution in [2.75, 3.05) is 19.7 Å². The van der Waals surface area contributed by atoms with Gasteiger partial charge in [-0.25, -0.2) is 0 Å². The third kappa shape index (κ3) is 6.91. The number of likely N-dealkylation sites (tertiary alicyclic amines) is 1. The fourth-order valence-electron chi connectivity index (χ4n) is 4.05. The fourth-order valence-corrected chi connectivity index (χ4v) is 5.13. The molecule has 2 N–H and O–H groups in total. The van der Waals surface area contributed by atoms with Crippen LogP contribution in [0.25, 0.3) is 0 Å². The minimum absolute atomic E-state index is 0.103. The Balaban J connectivity index is 1.87. The zero-order chi connectivity index (χ0) is 25.8. The molecule has 0 aliphatic carbocycles. The van der Waals surface area contributed by atoms with E-state index in [9.17, 15) is 14.1 Å². The maximum absolute atomic E-state index is 13.2. The number of aromatic nitrogens is 1. The molecule has 0 spiro atoms. The standard InChI is InChI=1S/C26H34ClN3O4S/c1-6-13-34-22-14-17(2)21(27)15-20(22)24(29-35(33)26(3,4)5)18-9-11-30(12-10-18)25(32)19-7-8-23(31)28-16-19/h6-8,14-16,18,24,29H,1,9-13H2,2-5H3,(H,28,31). The molecule has 0 saturated carbocycles. The number of benzene rings is 1. The molecule has 0 radical (unpaired) electrons. The summed E-state index contributed by atoms with van der Waals surface area (Å²) in [6.45, 7) is 12.9. The van der Waals surface area contributed by atoms with Crippen molar-refractivity contribution >= 4 is 28.9 Å². The summed E-state index contributed by atoms with van der Waals surface area (Å²) < 4.78 is 22.0. The summed E-state index contributed by atoms with van der Waals surface area (Å²) in [6, 6.07) is 6.42. The van der Waals surface area contributed by atoms with E-state index in [4.69, 9.17) is 16.3 Å². The number of hydrogen-bond donors (Lipinski definition) is 2. The first kappa shape index (κ1) is 27.3. The number of pyridine rings is 1. The highest BCUT2D eigenvalue weighted by atomic mass is 35.5. The Bertz CT molecular complexity index is 1090. The number of aryl methyl sites for hydroxylation is 1. The number of nitrogens with one attached hydrogen (secondary N) is 2. The van der Waals surface area contributed by atoms with Gasteiger partial charge in [0.1, 0.15) is 17.1 Å². The number of piperidine rings is 1. The van der Waals surface area contributed by atoms with Crippen LogP contribution in [0.15, 0.2) is 47.9 Å². The van der Waals surface area contributed by atoms with Crippen LogP contribution >= 0.6 is 11.6 Å². The Morgan fingerprint density at radius 3 is 2.63 bits per heavy atom. The second-order valence-electron chi connectivity index (χ2n) is 9.79. The normalized spacial score (nSPS) is 16.6. The van der Waals surface area contributed by atoms with Crippen LogP contribution in [0.5, 0.6) is 5.75 Å². The highest BCUT2D eigenvalue weighted by Gasteiger charge is 2.37. The smallest absolute Gasteiger partial charge is 0.255 e. The van der Waals surface area contributed by atoms with Crippen molar-refractivity contribution in [3.05, 3.63) is 75.2 Å². The van der Waals surface area contributed by atoms with Gasteiger partial charge in [-0.05, 0) is 70.2 Å². The number of nitrogens with zero attached hydrogens (tertiary/aromatic N) is 1. The van der Waals surface area contributed by atoms with Crippen LogP contribution in [-0.4, -0.2) is 44.8 Å². The first-order chi connectivity index (χ1) is 16.5. The predicted octanol–water partition coefficient (Wildman–Crippen LogP) is 4.55. The van der Waals surface area contributed by atoms with E-state index in [1.807, 2.05) is 39.8 Å². The van der Waals surface area contributed by atoms with Gasteiger partial charge in [-0.3, -0.25) is 9.59 Å². The van der Waals surface area contributed by atoms with E-state index in [1.54, 1.807) is 17.0 Å². The number of rotatable bonds is 8. The molecule has 9 heteroatoms. The van der Waals surface area contributed by atoms with Crippen LogP contribution in [-0.2, 0) is 11.4 Å². The molecule has 2 heterocycles. The molecule has 190 valence electrons. The van der Waals surface area contributed by atoms with E-state index in [-0.39, 0.29) is 23.4 Å². The van der Waals surface area contributed by atoms with Crippen molar-refractivity contribution in [3.63, 3.8) is 0 Å². The summed E-state index contributed by atoms with van der Waals surface area (Å²) in [7, 11) is 0. The highest BCUT2D eigenvalue weighted by Crippen LogP contribution is 2.39. The van der Waals surface area contributed by atoms with Gasteiger partial charge in [0.25, 0.3) is 5.91 Å². The number of ether oxygens (including phenoxy) is 1. The monoisotopic (exact) mass is 519 g/mol. The lowest BCUT2D eigenvalue weighted by Gasteiger charge is -2.38. The zero-order valence-corrected chi connectivity index (χ0v) is 22.3. The number of aromatic amines is 1. The van der Waals surface area contributed by atoms with Crippen molar-refractivity contribution in [2.45, 2.75) is 51.3 Å². The second kappa shape index (κ2) is 11.6. The van der Waals surface area contributed by atoms with Gasteiger partial charge in [-0.15, -0.1) is 4.72 Å². The molecule has 3 rings (SSSR count). The quantitative estimate of drug-likeness (QED) is 0.394. The summed E-state index contributed by atoms with van der Waals surface area (Å²) in [5.74, 6) is 0.670. The van der Waals surface area contributed by atoms with Crippen molar-refractivity contribution in [1.29, 1.82) is 0 Å². The topological polar surface area (TPSA) is 97.5 Å². The van der Waals surface area contributed by atoms with Crippen LogP contribution in [0.2, 0.25) is 5.02 Å². The van der Waals surface area contributed by atoms with E-state index in [2.05, 4.69) is 16.3 Å². The van der Waals surface area contributed by atoms with Gasteiger partial charge in [-0.1, -0.05) is 24.3 Å². The predicted molar refractivity (Wildman–Crippen MR) is 141 cm³/mol. The molecular weight excluding hydrogens is 486 g/mol. The zero-order valence-electron chi connectivity index (χ0n) is 20.7. The Kier molecular flexibility index (Phi) is 9.10. The van der Waals surface area contributed by atoms with Crippen molar-refractivity contribution in [2.24, 2.45) is 5.92 Å². The molecule has 1 aliphatic heterocycles. The Morgan fingerprint density at radius 2 is 2.06 bits per heavy atom. The summed E-state index contributed by atoms with van der Waals surface area (Å²) in [5.41, 5.74) is 1.96. The molecule has 1 aliphatic rings. The third-order valence-corrected chi connectivity index (χ3v) is 8.09. The van der Waals surface area contributed by atoms with E-state index in [0.29, 0.717) is 48.9 Å². The Labute approximate surface area is 215 Å². The summed E-state index contributed by atoms with van der Waals surface area (Å²) >= 11 is 5.19. The molecule has 1 fully saturated rings. The van der Waals surface area contributed by atoms with E-state index in [1.165, 1.54) is 12.3 Å². The van der Waals surface area contributed by atoms with Crippen molar-refractivity contribution < 1.29 is 14.1 Å². The van der Waals surface area contributed by atoms with Crippen LogP contribution in [0.4, 0.5) is 0 Å². The lowest BCUT2D eigenvalue weighted by atomic mass is 9.85. The van der Waals surface area contributed by atoms with Gasteiger partial charge in [0.2, 0.25) is 5.56 Å². The van der Waals surface area contributed by atoms with Gasteiger partial charge in [0.15, 0.2) is 0 Å². The molecule has 2 aromatic rings. The van der Waals surface area contributed by atoms with Crippen molar-refractivity contribution in [1.82, 2.24) is 14.6 Å². The molecule has 1 saturated heterocycles. The van der Waals surface area contributed by atoms with Gasteiger partial charge in [0.05, 0.1) is 11.6 Å². The number of carbonyl (C=O) groups is 1. The minimum atomic E-state index is -1.33. The highest BCUT2D eigenvalue weighted by molar-refractivity contribution is 7.90. The van der Waals surface area contributed by atoms with Crippen LogP contribution in [0.3, 0.4) is 0 Å². The van der Waals surface area contributed by atoms with Gasteiger partial charge >= 0.3 is 0 Å². The maximum Gasteiger partial charge on any atom is 0.255 e. The average molecular weight is 520 g/mol. The molecule has 0 bridgehead atoms.